The maximum Gasteiger partial charge on any atom is 0.0551 e. The third-order valence-electron chi connectivity index (χ3n) is 4.00. The molecule has 0 fully saturated rings. The van der Waals surface area contributed by atoms with Gasteiger partial charge >= 0.3 is 0 Å². The van der Waals surface area contributed by atoms with Crippen LogP contribution in [-0.2, 0) is 13.1 Å². The third-order valence-corrected chi connectivity index (χ3v) is 4.00. The van der Waals surface area contributed by atoms with Crippen molar-refractivity contribution in [2.75, 3.05) is 22.1 Å². The van der Waals surface area contributed by atoms with Gasteiger partial charge in [-0.2, -0.15) is 0 Å². The molecule has 0 aliphatic carbocycles. The van der Waals surface area contributed by atoms with Crippen molar-refractivity contribution in [1.82, 2.24) is 0 Å². The molecule has 0 amide bonds. The molecule has 0 bridgehead atoms. The van der Waals surface area contributed by atoms with Crippen LogP contribution >= 0.6 is 0 Å². The zero-order valence-corrected chi connectivity index (χ0v) is 13.5. The molecule has 122 valence electrons. The summed E-state index contributed by atoms with van der Waals surface area (Å²) in [5.41, 5.74) is 23.0. The molecule has 3 aromatic carbocycles. The molecule has 0 spiro atoms. The van der Waals surface area contributed by atoms with Crippen molar-refractivity contribution in [3.8, 4) is 0 Å². The molecule has 0 heterocycles. The van der Waals surface area contributed by atoms with Crippen molar-refractivity contribution >= 4 is 22.7 Å². The fourth-order valence-corrected chi connectivity index (χ4v) is 2.66. The first-order valence-electron chi connectivity index (χ1n) is 7.90. The second kappa shape index (κ2) is 6.96. The first-order chi connectivity index (χ1) is 11.6. The quantitative estimate of drug-likeness (QED) is 0.627. The second-order valence-electron chi connectivity index (χ2n) is 5.90. The van der Waals surface area contributed by atoms with E-state index in [1.54, 1.807) is 0 Å². The maximum atomic E-state index is 5.95. The van der Waals surface area contributed by atoms with Gasteiger partial charge in [0, 0.05) is 24.5 Å². The summed E-state index contributed by atoms with van der Waals surface area (Å²) in [6.07, 6.45) is 0. The molecule has 4 heteroatoms. The fourth-order valence-electron chi connectivity index (χ4n) is 2.66. The Bertz CT molecular complexity index is 798. The summed E-state index contributed by atoms with van der Waals surface area (Å²) in [4.78, 5) is 2.30. The Morgan fingerprint density at radius 1 is 0.625 bits per heavy atom. The van der Waals surface area contributed by atoms with Crippen molar-refractivity contribution in [2.24, 2.45) is 0 Å². The molecular formula is C20H22N4. The Labute approximate surface area is 142 Å². The van der Waals surface area contributed by atoms with E-state index in [1.807, 2.05) is 48.5 Å². The van der Waals surface area contributed by atoms with Gasteiger partial charge in [-0.25, -0.2) is 0 Å². The number of para-hydroxylation sites is 1. The number of hydrogen-bond donors (Lipinski definition) is 3. The predicted molar refractivity (Wildman–Crippen MR) is 102 cm³/mol. The van der Waals surface area contributed by atoms with Gasteiger partial charge in [-0.15, -0.1) is 0 Å². The van der Waals surface area contributed by atoms with Crippen LogP contribution < -0.4 is 22.1 Å². The predicted octanol–water partition coefficient (Wildman–Crippen LogP) is 3.64. The van der Waals surface area contributed by atoms with Crippen LogP contribution in [0.4, 0.5) is 22.7 Å². The molecule has 0 unspecified atom stereocenters. The Kier molecular flexibility index (Phi) is 4.57. The highest BCUT2D eigenvalue weighted by atomic mass is 15.1. The molecule has 6 N–H and O–H groups in total. The van der Waals surface area contributed by atoms with Crippen LogP contribution in [0.25, 0.3) is 0 Å². The van der Waals surface area contributed by atoms with Gasteiger partial charge in [0.15, 0.2) is 0 Å². The summed E-state index contributed by atoms with van der Waals surface area (Å²) in [5, 5.41) is 0. The van der Waals surface area contributed by atoms with Crippen molar-refractivity contribution in [2.45, 2.75) is 13.1 Å². The normalized spacial score (nSPS) is 10.5. The Hall–Kier alpha value is -3.14. The highest BCUT2D eigenvalue weighted by Crippen LogP contribution is 2.23. The minimum Gasteiger partial charge on any atom is -0.399 e. The van der Waals surface area contributed by atoms with E-state index in [1.165, 1.54) is 5.56 Å². The average molecular weight is 318 g/mol. The minimum atomic E-state index is 0.614. The summed E-state index contributed by atoms with van der Waals surface area (Å²) in [5.74, 6) is 0. The van der Waals surface area contributed by atoms with Gasteiger partial charge in [-0.05, 0) is 47.5 Å². The smallest absolute Gasteiger partial charge is 0.0551 e. The van der Waals surface area contributed by atoms with E-state index in [9.17, 15) is 0 Å². The lowest BCUT2D eigenvalue weighted by atomic mass is 10.1. The monoisotopic (exact) mass is 318 g/mol. The SMILES string of the molecule is Nc1ccc(CN(Cc2ccc(N)c(N)c2)c2ccccc2)cc1. The van der Waals surface area contributed by atoms with E-state index >= 15 is 0 Å². The molecule has 4 nitrogen and oxygen atoms in total. The molecule has 0 saturated heterocycles. The van der Waals surface area contributed by atoms with Gasteiger partial charge in [0.25, 0.3) is 0 Å². The van der Waals surface area contributed by atoms with E-state index in [4.69, 9.17) is 17.2 Å². The number of anilines is 4. The molecule has 0 aromatic heterocycles. The van der Waals surface area contributed by atoms with E-state index in [0.717, 1.165) is 30.0 Å². The second-order valence-corrected chi connectivity index (χ2v) is 5.90. The molecule has 0 saturated carbocycles. The highest BCUT2D eigenvalue weighted by Gasteiger charge is 2.09. The van der Waals surface area contributed by atoms with Gasteiger partial charge in [0.2, 0.25) is 0 Å². The number of nitrogens with two attached hydrogens (primary N) is 3. The van der Waals surface area contributed by atoms with Gasteiger partial charge in [0.1, 0.15) is 0 Å². The van der Waals surface area contributed by atoms with Crippen LogP contribution in [-0.4, -0.2) is 0 Å². The van der Waals surface area contributed by atoms with Gasteiger partial charge < -0.3 is 22.1 Å². The standard InChI is InChI=1S/C20H22N4/c21-17-9-6-15(7-10-17)13-24(18-4-2-1-3-5-18)14-16-8-11-19(22)20(23)12-16/h1-12H,13-14,21-23H2. The van der Waals surface area contributed by atoms with Crippen LogP contribution in [0.3, 0.4) is 0 Å². The van der Waals surface area contributed by atoms with Crippen LogP contribution in [0, 0.1) is 0 Å². The number of nitrogens with zero attached hydrogens (tertiary/aromatic N) is 1. The van der Waals surface area contributed by atoms with Crippen LogP contribution in [0.2, 0.25) is 0 Å². The van der Waals surface area contributed by atoms with Gasteiger partial charge in [-0.3, -0.25) is 0 Å². The molecular weight excluding hydrogens is 296 g/mol. The van der Waals surface area contributed by atoms with Crippen molar-refractivity contribution < 1.29 is 0 Å². The summed E-state index contributed by atoms with van der Waals surface area (Å²) in [6.45, 7) is 1.54. The van der Waals surface area contributed by atoms with E-state index in [0.29, 0.717) is 11.4 Å². The Balaban J connectivity index is 1.87. The zero-order valence-electron chi connectivity index (χ0n) is 13.5. The number of benzene rings is 3. The Morgan fingerprint density at radius 3 is 1.92 bits per heavy atom. The molecule has 0 radical (unpaired) electrons. The number of nitrogen functional groups attached to an aromatic ring is 3. The molecule has 0 atom stereocenters. The number of hydrogen-bond acceptors (Lipinski definition) is 4. The zero-order chi connectivity index (χ0) is 16.9. The van der Waals surface area contributed by atoms with Crippen LogP contribution in [0.5, 0.6) is 0 Å². The van der Waals surface area contributed by atoms with E-state index in [-0.39, 0.29) is 0 Å². The first kappa shape index (κ1) is 15.7. The highest BCUT2D eigenvalue weighted by molar-refractivity contribution is 5.64. The lowest BCUT2D eigenvalue weighted by Crippen LogP contribution is -2.22. The summed E-state index contributed by atoms with van der Waals surface area (Å²) in [6, 6.07) is 24.1. The van der Waals surface area contributed by atoms with Gasteiger partial charge in [0.05, 0.1) is 11.4 Å². The molecule has 24 heavy (non-hydrogen) atoms. The lowest BCUT2D eigenvalue weighted by Gasteiger charge is -2.25. The van der Waals surface area contributed by atoms with Crippen LogP contribution in [0.1, 0.15) is 11.1 Å². The maximum absolute atomic E-state index is 5.95. The van der Waals surface area contributed by atoms with E-state index < -0.39 is 0 Å². The summed E-state index contributed by atoms with van der Waals surface area (Å²) < 4.78 is 0. The van der Waals surface area contributed by atoms with Gasteiger partial charge in [-0.1, -0.05) is 36.4 Å². The van der Waals surface area contributed by atoms with Crippen LogP contribution in [0.15, 0.2) is 72.8 Å². The largest absolute Gasteiger partial charge is 0.399 e. The fraction of sp³-hybridized carbons (Fsp3) is 0.100. The third kappa shape index (κ3) is 3.79. The van der Waals surface area contributed by atoms with E-state index in [2.05, 4.69) is 29.2 Å². The Morgan fingerprint density at radius 2 is 1.25 bits per heavy atom. The van der Waals surface area contributed by atoms with Crippen molar-refractivity contribution in [1.29, 1.82) is 0 Å². The van der Waals surface area contributed by atoms with Crippen molar-refractivity contribution in [3.05, 3.63) is 83.9 Å². The summed E-state index contributed by atoms with van der Waals surface area (Å²) in [7, 11) is 0. The molecule has 3 aromatic rings. The first-order valence-corrected chi connectivity index (χ1v) is 7.90. The van der Waals surface area contributed by atoms with Crippen molar-refractivity contribution in [3.63, 3.8) is 0 Å². The average Bonchev–Trinajstić information content (AvgIpc) is 2.60. The number of rotatable bonds is 5. The molecule has 3 rings (SSSR count). The lowest BCUT2D eigenvalue weighted by molar-refractivity contribution is 0.800. The minimum absolute atomic E-state index is 0.614. The molecule has 0 aliphatic heterocycles. The molecule has 0 aliphatic rings. The summed E-state index contributed by atoms with van der Waals surface area (Å²) >= 11 is 0. The topological polar surface area (TPSA) is 81.3 Å².